The number of alkyl halides is 2. The lowest BCUT2D eigenvalue weighted by Crippen LogP contribution is -2.27. The van der Waals surface area contributed by atoms with Crippen LogP contribution in [0, 0.1) is 0 Å². The van der Waals surface area contributed by atoms with Crippen molar-refractivity contribution in [1.29, 1.82) is 0 Å². The number of methoxy groups -OCH3 is 1. The zero-order chi connectivity index (χ0) is 42.0. The van der Waals surface area contributed by atoms with Gasteiger partial charge < -0.3 is 14.7 Å². The van der Waals surface area contributed by atoms with Gasteiger partial charge in [-0.2, -0.15) is 0 Å². The molecule has 2 aliphatic heterocycles. The van der Waals surface area contributed by atoms with Gasteiger partial charge in [0.05, 0.1) is 29.9 Å². The molecule has 0 saturated heterocycles. The van der Waals surface area contributed by atoms with Gasteiger partial charge in [0, 0.05) is 94.7 Å². The van der Waals surface area contributed by atoms with Crippen LogP contribution >= 0.6 is 71.0 Å². The van der Waals surface area contributed by atoms with E-state index in [9.17, 15) is 0 Å². The van der Waals surface area contributed by atoms with Crippen LogP contribution in [0.15, 0.2) is 129 Å². The first kappa shape index (κ1) is 41.6. The summed E-state index contributed by atoms with van der Waals surface area (Å²) >= 11 is 23.7. The summed E-state index contributed by atoms with van der Waals surface area (Å²) in [5.41, 5.74) is 16.0. The predicted octanol–water partition coefficient (Wildman–Crippen LogP) is 14.9. The standard InChI is InChI=1S/C50H38Br3Cl2N5O/c1-61-46-20-11-33(25-34(46)29-60(23-21-54)24-22-55)50-44-18-16-42(58-44)48(31-6-3-9-36(52)27-31)40-14-12-38(56-40)47(30-5-2-8-35(51)26-30)39-13-15-41(57-39)49(43-17-19-45(50)59-43)32-7-4-10-37(53)28-32/h2-20,25-28,56,59H,21-24,29H2,1H3. The third-order valence-electron chi connectivity index (χ3n) is 10.9. The summed E-state index contributed by atoms with van der Waals surface area (Å²) in [6.07, 6.45) is 8.46. The topological polar surface area (TPSA) is 69.8 Å². The predicted molar refractivity (Wildman–Crippen MR) is 267 cm³/mol. The zero-order valence-electron chi connectivity index (χ0n) is 33.0. The minimum absolute atomic E-state index is 0.501. The Kier molecular flexibility index (Phi) is 12.5. The highest BCUT2D eigenvalue weighted by molar-refractivity contribution is 9.11. The lowest BCUT2D eigenvalue weighted by Gasteiger charge is -2.22. The second-order valence-electron chi connectivity index (χ2n) is 14.7. The smallest absolute Gasteiger partial charge is 0.123 e. The first-order chi connectivity index (χ1) is 29.8. The van der Waals surface area contributed by atoms with Crippen LogP contribution in [-0.4, -0.2) is 56.8 Å². The Labute approximate surface area is 389 Å². The molecule has 0 fully saturated rings. The number of hydrogen-bond acceptors (Lipinski definition) is 4. The van der Waals surface area contributed by atoms with Crippen LogP contribution in [0.4, 0.5) is 0 Å². The van der Waals surface area contributed by atoms with Crippen LogP contribution in [0.1, 0.15) is 28.3 Å². The van der Waals surface area contributed by atoms with Crippen molar-refractivity contribution in [2.75, 3.05) is 32.0 Å². The molecule has 0 amide bonds. The van der Waals surface area contributed by atoms with E-state index in [-0.39, 0.29) is 0 Å². The Hall–Kier alpha value is -4.74. The summed E-state index contributed by atoms with van der Waals surface area (Å²) in [6, 6.07) is 40.0. The number of halogens is 5. The van der Waals surface area contributed by atoms with E-state index in [1.807, 2.05) is 24.3 Å². The Morgan fingerprint density at radius 2 is 0.885 bits per heavy atom. The summed E-state index contributed by atoms with van der Waals surface area (Å²) in [6.45, 7) is 2.03. The molecule has 8 bridgehead atoms. The van der Waals surface area contributed by atoms with E-state index in [0.717, 1.165) is 114 Å². The fourth-order valence-corrected chi connectivity index (χ4v) is 9.84. The lowest BCUT2D eigenvalue weighted by molar-refractivity contribution is 0.292. The molecule has 0 unspecified atom stereocenters. The van der Waals surface area contributed by atoms with Crippen LogP contribution < -0.4 is 4.74 Å². The average Bonchev–Trinajstić information content (AvgIpc) is 4.10. The molecule has 9 rings (SSSR count). The van der Waals surface area contributed by atoms with Gasteiger partial charge in [-0.25, -0.2) is 9.97 Å². The SMILES string of the molecule is COc1ccc(-c2c3nc(c(-c4cccc(Br)c4)c4ccc([nH]4)c(-c4cccc(Br)c4)c4nc(c(-c5cccc(Br)c5)c5ccc2[nH]5)C=C4)C=C3)cc1CN(CCCl)CCCl. The summed E-state index contributed by atoms with van der Waals surface area (Å²) in [5.74, 6) is 1.80. The Bertz CT molecular complexity index is 3000. The largest absolute Gasteiger partial charge is 0.496 e. The fraction of sp³-hybridized carbons (Fsp3) is 0.120. The van der Waals surface area contributed by atoms with E-state index in [1.54, 1.807) is 7.11 Å². The highest BCUT2D eigenvalue weighted by atomic mass is 79.9. The molecular formula is C50H38Br3Cl2N5O. The number of fused-ring (bicyclic) bond motifs is 8. The molecule has 6 nitrogen and oxygen atoms in total. The van der Waals surface area contributed by atoms with Crippen molar-refractivity contribution in [2.45, 2.75) is 6.54 Å². The van der Waals surface area contributed by atoms with Crippen molar-refractivity contribution >= 4 is 117 Å². The van der Waals surface area contributed by atoms with E-state index in [0.29, 0.717) is 31.4 Å². The normalized spacial score (nSPS) is 12.1. The molecular weight excluding hydrogens is 997 g/mol. The van der Waals surface area contributed by atoms with E-state index in [1.165, 1.54) is 0 Å². The van der Waals surface area contributed by atoms with Gasteiger partial charge in [-0.3, -0.25) is 4.90 Å². The molecule has 0 atom stereocenters. The van der Waals surface area contributed by atoms with Gasteiger partial charge in [0.1, 0.15) is 5.75 Å². The highest BCUT2D eigenvalue weighted by Gasteiger charge is 2.20. The molecule has 304 valence electrons. The summed E-state index contributed by atoms with van der Waals surface area (Å²) in [4.78, 5) is 20.9. The van der Waals surface area contributed by atoms with E-state index < -0.39 is 0 Å². The maximum absolute atomic E-state index is 6.25. The van der Waals surface area contributed by atoms with Crippen LogP contribution in [0.3, 0.4) is 0 Å². The number of hydrogen-bond donors (Lipinski definition) is 2. The molecule has 0 spiro atoms. The van der Waals surface area contributed by atoms with Gasteiger partial charge in [0.2, 0.25) is 0 Å². The third kappa shape index (κ3) is 8.70. The van der Waals surface area contributed by atoms with Crippen molar-refractivity contribution < 1.29 is 4.74 Å². The maximum atomic E-state index is 6.25. The van der Waals surface area contributed by atoms with E-state index >= 15 is 0 Å². The van der Waals surface area contributed by atoms with Crippen LogP contribution in [0.25, 0.3) is 90.9 Å². The number of ether oxygens (including phenoxy) is 1. The molecule has 2 aliphatic rings. The Morgan fingerprint density at radius 1 is 0.508 bits per heavy atom. The highest BCUT2D eigenvalue weighted by Crippen LogP contribution is 2.40. The van der Waals surface area contributed by atoms with Gasteiger partial charge in [-0.1, -0.05) is 90.3 Å². The molecule has 0 radical (unpaired) electrons. The quantitative estimate of drug-likeness (QED) is 0.127. The second-order valence-corrected chi connectivity index (χ2v) is 18.2. The number of nitrogens with zero attached hydrogens (tertiary/aromatic N) is 3. The third-order valence-corrected chi connectivity index (χ3v) is 12.7. The number of aromatic nitrogens is 4. The first-order valence-corrected chi connectivity index (χ1v) is 23.2. The summed E-state index contributed by atoms with van der Waals surface area (Å²) in [7, 11) is 1.71. The Balaban J connectivity index is 1.42. The molecule has 4 aromatic carbocycles. The molecule has 7 aromatic rings. The van der Waals surface area contributed by atoms with Crippen LogP contribution in [-0.2, 0) is 6.54 Å². The monoisotopic (exact) mass is 1030 g/mol. The zero-order valence-corrected chi connectivity index (χ0v) is 39.2. The number of aromatic amines is 2. The van der Waals surface area contributed by atoms with Crippen LogP contribution in [0.2, 0.25) is 0 Å². The molecule has 5 heterocycles. The molecule has 3 aromatic heterocycles. The number of benzene rings is 4. The van der Waals surface area contributed by atoms with Crippen LogP contribution in [0.5, 0.6) is 5.75 Å². The number of nitrogens with one attached hydrogen (secondary N) is 2. The minimum atomic E-state index is 0.501. The van der Waals surface area contributed by atoms with Crippen molar-refractivity contribution in [3.63, 3.8) is 0 Å². The number of H-pyrrole nitrogens is 2. The molecule has 0 saturated carbocycles. The maximum Gasteiger partial charge on any atom is 0.123 e. The molecule has 61 heavy (non-hydrogen) atoms. The lowest BCUT2D eigenvalue weighted by atomic mass is 10.0. The van der Waals surface area contributed by atoms with Crippen molar-refractivity contribution in [1.82, 2.24) is 24.8 Å². The average molecular weight is 1040 g/mol. The van der Waals surface area contributed by atoms with Gasteiger partial charge in [0.15, 0.2) is 0 Å². The van der Waals surface area contributed by atoms with Gasteiger partial charge in [-0.05, 0) is 119 Å². The number of rotatable bonds is 11. The van der Waals surface area contributed by atoms with Crippen molar-refractivity contribution in [3.05, 3.63) is 157 Å². The minimum Gasteiger partial charge on any atom is -0.496 e. The molecule has 11 heteroatoms. The van der Waals surface area contributed by atoms with E-state index in [4.69, 9.17) is 37.9 Å². The van der Waals surface area contributed by atoms with E-state index in [2.05, 4.69) is 178 Å². The van der Waals surface area contributed by atoms with Crippen molar-refractivity contribution in [3.8, 4) is 50.3 Å². The van der Waals surface area contributed by atoms with Gasteiger partial charge in [-0.15, -0.1) is 23.2 Å². The summed E-state index contributed by atoms with van der Waals surface area (Å²) in [5, 5.41) is 0. The second kappa shape index (κ2) is 18.3. The van der Waals surface area contributed by atoms with Crippen molar-refractivity contribution in [2.24, 2.45) is 0 Å². The van der Waals surface area contributed by atoms with Gasteiger partial charge >= 0.3 is 0 Å². The Morgan fingerprint density at radius 3 is 1.23 bits per heavy atom. The van der Waals surface area contributed by atoms with Gasteiger partial charge in [0.25, 0.3) is 0 Å². The molecule has 0 aliphatic carbocycles. The summed E-state index contributed by atoms with van der Waals surface area (Å²) < 4.78 is 8.86. The first-order valence-electron chi connectivity index (χ1n) is 19.8. The molecule has 2 N–H and O–H groups in total. The fourth-order valence-electron chi connectivity index (χ4n) is 8.16.